The third kappa shape index (κ3) is 7.61. The number of benzene rings is 7. The van der Waals surface area contributed by atoms with Gasteiger partial charge in [-0.1, -0.05) is 177 Å². The van der Waals surface area contributed by atoms with Gasteiger partial charge in [0.05, 0.1) is 35.1 Å². The molecule has 0 aliphatic carbocycles. The summed E-state index contributed by atoms with van der Waals surface area (Å²) in [4.78, 5) is 0. The van der Waals surface area contributed by atoms with E-state index in [9.17, 15) is 0 Å². The Kier molecular flexibility index (Phi) is 11.6. The van der Waals surface area contributed by atoms with Gasteiger partial charge in [-0.25, -0.2) is 9.36 Å². The average molecular weight is 893 g/mol. The van der Waals surface area contributed by atoms with Crippen molar-refractivity contribution in [2.45, 2.75) is 79.1 Å². The first kappa shape index (κ1) is 43.7. The Morgan fingerprint density at radius 2 is 0.746 bits per heavy atom. The van der Waals surface area contributed by atoms with Crippen molar-refractivity contribution in [3.8, 4) is 33.6 Å². The predicted molar refractivity (Wildman–Crippen MR) is 283 cm³/mol. The van der Waals surface area contributed by atoms with E-state index in [0.29, 0.717) is 23.7 Å². The van der Waals surface area contributed by atoms with Gasteiger partial charge in [0.25, 0.3) is 0 Å². The molecule has 334 valence electrons. The highest BCUT2D eigenvalue weighted by Crippen LogP contribution is 2.51. The summed E-state index contributed by atoms with van der Waals surface area (Å²) in [6.07, 6.45) is 8.53. The van der Waals surface area contributed by atoms with Crippen molar-refractivity contribution in [3.63, 3.8) is 0 Å². The maximum absolute atomic E-state index is 5.12. The lowest BCUT2D eigenvalue weighted by molar-refractivity contribution is 0.838. The summed E-state index contributed by atoms with van der Waals surface area (Å²) in [7, 11) is -3.25. The van der Waals surface area contributed by atoms with E-state index in [-0.39, 0.29) is 0 Å². The fourth-order valence-electron chi connectivity index (χ4n) is 10.5. The van der Waals surface area contributed by atoms with E-state index in [1.165, 1.54) is 43.8 Å². The smallest absolute Gasteiger partial charge is 0.340 e. The molecule has 7 aromatic carbocycles. The zero-order valence-electron chi connectivity index (χ0n) is 40.0. The van der Waals surface area contributed by atoms with Crippen molar-refractivity contribution in [1.29, 1.82) is 0 Å². The zero-order valence-corrected chi connectivity index (χ0v) is 41.0. The zero-order chi connectivity index (χ0) is 46.4. The molecule has 7 heteroatoms. The van der Waals surface area contributed by atoms with Crippen LogP contribution in [-0.4, -0.2) is 28.0 Å². The summed E-state index contributed by atoms with van der Waals surface area (Å²) in [5.41, 5.74) is 16.7. The standard InChI is InChI=1S/C60H60N6Si/c1-41(2)53-29-19-30-54(42(3)4)59(53)45-37-61-63(39-45)48-23-18-24-50(35-48)66-58-36-49(64-40-46(38-62-64)60-55(43(5)6)31-20-32-56(60)44(7)8)33-34-57(58)65(47-21-12-9-13-22-47)67(66,51-25-14-10-15-26-51)52-27-16-11-17-28-52/h9-44H,1-8H3. The highest BCUT2D eigenvalue weighted by atomic mass is 28.3. The second kappa shape index (κ2) is 17.9. The van der Waals surface area contributed by atoms with Gasteiger partial charge in [-0.2, -0.15) is 10.2 Å². The first-order valence-corrected chi connectivity index (χ1v) is 25.8. The molecule has 0 fully saturated rings. The largest absolute Gasteiger partial charge is 0.341 e. The molecule has 1 aliphatic heterocycles. The number of hydrogen-bond donors (Lipinski definition) is 0. The minimum atomic E-state index is -3.25. The molecular weight excluding hydrogens is 833 g/mol. The van der Waals surface area contributed by atoms with Crippen molar-refractivity contribution >= 4 is 41.5 Å². The van der Waals surface area contributed by atoms with Crippen LogP contribution >= 0.6 is 0 Å². The van der Waals surface area contributed by atoms with E-state index in [1.54, 1.807) is 0 Å². The van der Waals surface area contributed by atoms with Crippen LogP contribution in [0.5, 0.6) is 0 Å². The van der Waals surface area contributed by atoms with Gasteiger partial charge < -0.3 is 9.13 Å². The van der Waals surface area contributed by atoms with E-state index in [4.69, 9.17) is 10.2 Å². The Morgan fingerprint density at radius 1 is 0.358 bits per heavy atom. The highest BCUT2D eigenvalue weighted by Gasteiger charge is 2.57. The Labute approximate surface area is 398 Å². The molecule has 0 atom stereocenters. The number of hydrogen-bond acceptors (Lipinski definition) is 4. The van der Waals surface area contributed by atoms with Gasteiger partial charge in [0.1, 0.15) is 0 Å². The van der Waals surface area contributed by atoms with Crippen LogP contribution in [0.4, 0.5) is 22.7 Å². The van der Waals surface area contributed by atoms with Crippen molar-refractivity contribution in [3.05, 3.63) is 217 Å². The van der Waals surface area contributed by atoms with Crippen molar-refractivity contribution in [2.24, 2.45) is 0 Å². The Morgan fingerprint density at radius 3 is 1.21 bits per heavy atom. The van der Waals surface area contributed by atoms with Crippen molar-refractivity contribution < 1.29 is 0 Å². The third-order valence-electron chi connectivity index (χ3n) is 13.6. The molecule has 67 heavy (non-hydrogen) atoms. The highest BCUT2D eigenvalue weighted by molar-refractivity contribution is 7.10. The second-order valence-corrected chi connectivity index (χ2v) is 22.6. The van der Waals surface area contributed by atoms with Crippen molar-refractivity contribution in [1.82, 2.24) is 19.6 Å². The second-order valence-electron chi connectivity index (χ2n) is 19.2. The first-order chi connectivity index (χ1) is 32.6. The van der Waals surface area contributed by atoms with Gasteiger partial charge in [-0.3, -0.25) is 0 Å². The van der Waals surface area contributed by atoms with Crippen molar-refractivity contribution in [2.75, 3.05) is 9.13 Å². The van der Waals surface area contributed by atoms with Crippen LogP contribution in [-0.2, 0) is 0 Å². The molecular formula is C60H60N6Si. The molecule has 6 nitrogen and oxygen atoms in total. The van der Waals surface area contributed by atoms with Gasteiger partial charge in [0, 0.05) is 34.9 Å². The van der Waals surface area contributed by atoms with E-state index < -0.39 is 8.40 Å². The average Bonchev–Trinajstić information content (AvgIpc) is 4.12. The number of fused-ring (bicyclic) bond motifs is 1. The lowest BCUT2D eigenvalue weighted by Crippen LogP contribution is -2.75. The molecule has 0 N–H and O–H groups in total. The van der Waals surface area contributed by atoms with Crippen LogP contribution in [0, 0.1) is 0 Å². The maximum Gasteiger partial charge on any atom is 0.340 e. The Bertz CT molecular complexity index is 3070. The minimum absolute atomic E-state index is 0.376. The topological polar surface area (TPSA) is 42.1 Å². The molecule has 10 rings (SSSR count). The SMILES string of the molecule is CC(C)c1cccc(C(C)C)c1-c1cnn(-c2cccc(N3c4cc(-n5cc(-c6c(C(C)C)cccc6C(C)C)cn5)ccc4N(c4ccccc4)[Si]3(c3ccccc3)c3ccccc3)c2)c1. The molecule has 0 saturated carbocycles. The molecule has 3 heterocycles. The van der Waals surface area contributed by atoms with Crippen LogP contribution in [0.2, 0.25) is 0 Å². The lowest BCUT2D eigenvalue weighted by Gasteiger charge is -2.44. The number of anilines is 4. The van der Waals surface area contributed by atoms with Gasteiger partial charge in [-0.05, 0) is 116 Å². The van der Waals surface area contributed by atoms with Gasteiger partial charge in [-0.15, -0.1) is 0 Å². The summed E-state index contributed by atoms with van der Waals surface area (Å²) in [6, 6.07) is 62.7. The summed E-state index contributed by atoms with van der Waals surface area (Å²) in [6.45, 7) is 18.3. The lowest BCUT2D eigenvalue weighted by atomic mass is 9.86. The van der Waals surface area contributed by atoms with Crippen LogP contribution in [0.25, 0.3) is 33.6 Å². The number of aromatic nitrogens is 4. The first-order valence-electron chi connectivity index (χ1n) is 23.9. The molecule has 0 radical (unpaired) electrons. The molecule has 2 aromatic heterocycles. The molecule has 0 saturated heterocycles. The van der Waals surface area contributed by atoms with Gasteiger partial charge in [0.2, 0.25) is 0 Å². The van der Waals surface area contributed by atoms with Gasteiger partial charge in [0.15, 0.2) is 0 Å². The van der Waals surface area contributed by atoms with Crippen LogP contribution in [0.15, 0.2) is 195 Å². The normalized spacial score (nSPS) is 13.4. The quantitative estimate of drug-likeness (QED) is 0.115. The molecule has 0 bridgehead atoms. The van der Waals surface area contributed by atoms with E-state index >= 15 is 0 Å². The molecule has 0 spiro atoms. The Hall–Kier alpha value is -7.22. The molecule has 0 unspecified atom stereocenters. The molecule has 9 aromatic rings. The minimum Gasteiger partial charge on any atom is -0.341 e. The van der Waals surface area contributed by atoms with Crippen LogP contribution in [0.1, 0.15) is 101 Å². The van der Waals surface area contributed by atoms with E-state index in [1.807, 2.05) is 12.4 Å². The Balaban J connectivity index is 1.20. The number of nitrogens with zero attached hydrogens (tertiary/aromatic N) is 6. The number of para-hydroxylation sites is 1. The van der Waals surface area contributed by atoms with E-state index in [2.05, 4.69) is 256 Å². The molecule has 1 aliphatic rings. The van der Waals surface area contributed by atoms with Crippen LogP contribution in [0.3, 0.4) is 0 Å². The summed E-state index contributed by atoms with van der Waals surface area (Å²) < 4.78 is 9.46. The number of rotatable bonds is 12. The summed E-state index contributed by atoms with van der Waals surface area (Å²) in [5.74, 6) is 1.51. The van der Waals surface area contributed by atoms with Gasteiger partial charge >= 0.3 is 8.40 Å². The fourth-order valence-corrected chi connectivity index (χ4v) is 15.4. The van der Waals surface area contributed by atoms with Crippen LogP contribution < -0.4 is 19.5 Å². The maximum atomic E-state index is 5.12. The monoisotopic (exact) mass is 892 g/mol. The fraction of sp³-hybridized carbons (Fsp3) is 0.200. The summed E-state index contributed by atoms with van der Waals surface area (Å²) in [5, 5.41) is 12.8. The summed E-state index contributed by atoms with van der Waals surface area (Å²) >= 11 is 0. The third-order valence-corrected chi connectivity index (χ3v) is 18.1. The van der Waals surface area contributed by atoms with E-state index in [0.717, 1.165) is 45.3 Å². The predicted octanol–water partition coefficient (Wildman–Crippen LogP) is 14.4. The molecule has 0 amide bonds.